The Morgan fingerprint density at radius 1 is 1.30 bits per heavy atom. The summed E-state index contributed by atoms with van der Waals surface area (Å²) in [7, 11) is 3.40. The molecule has 2 rings (SSSR count). The molecule has 128 valence electrons. The highest BCUT2D eigenvalue weighted by atomic mass is 33.1. The third-order valence-electron chi connectivity index (χ3n) is 3.82. The Labute approximate surface area is 154 Å². The van der Waals surface area contributed by atoms with E-state index in [0.29, 0.717) is 0 Å². The molecule has 2 aromatic rings. The fourth-order valence-electron chi connectivity index (χ4n) is 2.35. The van der Waals surface area contributed by atoms with Crippen molar-refractivity contribution in [2.24, 2.45) is 5.92 Å². The first-order chi connectivity index (χ1) is 11.3. The molecule has 23 heavy (non-hydrogen) atoms. The second-order valence-corrected chi connectivity index (χ2v) is 10.9. The first-order valence-electron chi connectivity index (χ1n) is 8.56. The van der Waals surface area contributed by atoms with Gasteiger partial charge in [-0.05, 0) is 41.3 Å². The topological polar surface area (TPSA) is 22.1 Å². The van der Waals surface area contributed by atoms with Crippen molar-refractivity contribution in [3.8, 4) is 0 Å². The first kappa shape index (κ1) is 19.3. The van der Waals surface area contributed by atoms with Crippen LogP contribution in [-0.2, 0) is 4.43 Å². The zero-order chi connectivity index (χ0) is 16.3. The standard InChI is InChI=1S/C17H27NOS3Si/c1-3-5-8-14(4-2)13-19-23-12-11-20-22-17-18-15-9-6-7-10-16(15)21-17/h6-7,9-10,14H,3-5,8,11-13,23H2,1-2H3. The second kappa shape index (κ2) is 11.5. The van der Waals surface area contributed by atoms with Gasteiger partial charge in [-0.25, -0.2) is 4.98 Å². The number of benzene rings is 1. The van der Waals surface area contributed by atoms with Crippen molar-refractivity contribution < 1.29 is 4.43 Å². The number of unbranched alkanes of at least 4 members (excludes halogenated alkanes) is 1. The van der Waals surface area contributed by atoms with Crippen molar-refractivity contribution in [1.29, 1.82) is 0 Å². The maximum Gasteiger partial charge on any atom is 0.162 e. The molecule has 1 aromatic carbocycles. The fourth-order valence-corrected chi connectivity index (χ4v) is 7.88. The van der Waals surface area contributed by atoms with Gasteiger partial charge in [-0.15, -0.1) is 11.3 Å². The zero-order valence-corrected chi connectivity index (χ0v) is 18.0. The van der Waals surface area contributed by atoms with Crippen LogP contribution in [0.3, 0.4) is 0 Å². The minimum Gasteiger partial charge on any atom is -0.424 e. The zero-order valence-electron chi connectivity index (χ0n) is 14.1. The fraction of sp³-hybridized carbons (Fsp3) is 0.588. The molecular weight excluding hydrogens is 358 g/mol. The van der Waals surface area contributed by atoms with Gasteiger partial charge >= 0.3 is 0 Å². The van der Waals surface area contributed by atoms with Gasteiger partial charge in [-0.1, -0.05) is 56.0 Å². The maximum absolute atomic E-state index is 5.99. The summed E-state index contributed by atoms with van der Waals surface area (Å²) in [6.07, 6.45) is 5.24. The summed E-state index contributed by atoms with van der Waals surface area (Å²) >= 11 is 1.79. The van der Waals surface area contributed by atoms with E-state index in [0.717, 1.165) is 18.0 Å². The van der Waals surface area contributed by atoms with E-state index in [4.69, 9.17) is 4.43 Å². The average Bonchev–Trinajstić information content (AvgIpc) is 2.99. The summed E-state index contributed by atoms with van der Waals surface area (Å²) in [5, 5.41) is 0. The number of rotatable bonds is 12. The number of nitrogens with zero attached hydrogens (tertiary/aromatic N) is 1. The maximum atomic E-state index is 5.99. The van der Waals surface area contributed by atoms with E-state index >= 15 is 0 Å². The lowest BCUT2D eigenvalue weighted by Gasteiger charge is -2.14. The molecule has 1 atom stereocenters. The Morgan fingerprint density at radius 3 is 2.96 bits per heavy atom. The van der Waals surface area contributed by atoms with Crippen LogP contribution in [0.25, 0.3) is 10.2 Å². The van der Waals surface area contributed by atoms with Crippen molar-refractivity contribution in [2.75, 3.05) is 12.4 Å². The van der Waals surface area contributed by atoms with Crippen LogP contribution < -0.4 is 0 Å². The summed E-state index contributed by atoms with van der Waals surface area (Å²) in [6, 6.07) is 9.62. The molecule has 1 aromatic heterocycles. The molecule has 0 aliphatic rings. The van der Waals surface area contributed by atoms with Gasteiger partial charge in [0.2, 0.25) is 0 Å². The van der Waals surface area contributed by atoms with Crippen molar-refractivity contribution >= 4 is 52.9 Å². The third-order valence-corrected chi connectivity index (χ3v) is 9.28. The molecule has 1 heterocycles. The average molecular weight is 386 g/mol. The van der Waals surface area contributed by atoms with E-state index in [2.05, 4.69) is 43.1 Å². The van der Waals surface area contributed by atoms with Gasteiger partial charge in [0.05, 0.1) is 10.2 Å². The van der Waals surface area contributed by atoms with E-state index in [9.17, 15) is 0 Å². The summed E-state index contributed by atoms with van der Waals surface area (Å²) in [4.78, 5) is 4.65. The number of aromatic nitrogens is 1. The van der Waals surface area contributed by atoms with E-state index in [1.54, 1.807) is 11.3 Å². The Balaban J connectivity index is 1.54. The molecule has 0 amide bonds. The van der Waals surface area contributed by atoms with Crippen LogP contribution in [0.5, 0.6) is 0 Å². The quantitative estimate of drug-likeness (QED) is 0.263. The molecule has 0 N–H and O–H groups in total. The smallest absolute Gasteiger partial charge is 0.162 e. The van der Waals surface area contributed by atoms with Crippen LogP contribution >= 0.6 is 32.9 Å². The lowest BCUT2D eigenvalue weighted by atomic mass is 10.0. The lowest BCUT2D eigenvalue weighted by molar-refractivity contribution is 0.243. The number of hydrogen-bond acceptors (Lipinski definition) is 5. The molecular formula is C17H27NOS3Si. The highest BCUT2D eigenvalue weighted by Gasteiger charge is 2.06. The minimum atomic E-state index is -0.339. The summed E-state index contributed by atoms with van der Waals surface area (Å²) < 4.78 is 8.44. The van der Waals surface area contributed by atoms with E-state index in [1.807, 2.05) is 21.6 Å². The van der Waals surface area contributed by atoms with Gasteiger partial charge in [0.25, 0.3) is 0 Å². The van der Waals surface area contributed by atoms with Crippen molar-refractivity contribution in [3.05, 3.63) is 24.3 Å². The van der Waals surface area contributed by atoms with Gasteiger partial charge in [0.15, 0.2) is 14.1 Å². The van der Waals surface area contributed by atoms with Gasteiger partial charge < -0.3 is 4.43 Å². The SMILES string of the molecule is CCCCC(CC)CO[SiH2]CCSSc1nc2ccccc2s1. The van der Waals surface area contributed by atoms with Gasteiger partial charge in [0, 0.05) is 12.4 Å². The molecule has 0 bridgehead atoms. The van der Waals surface area contributed by atoms with Crippen LogP contribution in [0, 0.1) is 5.92 Å². The Bertz CT molecular complexity index is 531. The molecule has 6 heteroatoms. The monoisotopic (exact) mass is 385 g/mol. The normalized spacial score (nSPS) is 13.3. The Morgan fingerprint density at radius 2 is 2.17 bits per heavy atom. The van der Waals surface area contributed by atoms with E-state index < -0.39 is 0 Å². The molecule has 0 aliphatic heterocycles. The predicted octanol–water partition coefficient (Wildman–Crippen LogP) is 5.77. The Hall–Kier alpha value is -0.0131. The first-order valence-corrected chi connectivity index (χ1v) is 13.3. The third kappa shape index (κ3) is 7.18. The number of fused-ring (bicyclic) bond motifs is 1. The van der Waals surface area contributed by atoms with Crippen molar-refractivity contribution in [2.45, 2.75) is 49.9 Å². The minimum absolute atomic E-state index is 0.339. The van der Waals surface area contributed by atoms with Crippen LogP contribution in [0.1, 0.15) is 39.5 Å². The van der Waals surface area contributed by atoms with Gasteiger partial charge in [-0.3, -0.25) is 0 Å². The summed E-state index contributed by atoms with van der Waals surface area (Å²) in [6.45, 7) is 5.55. The highest BCUT2D eigenvalue weighted by molar-refractivity contribution is 8.77. The number of hydrogen-bond donors (Lipinski definition) is 0. The van der Waals surface area contributed by atoms with Gasteiger partial charge in [0.1, 0.15) is 0 Å². The Kier molecular flexibility index (Phi) is 9.68. The van der Waals surface area contributed by atoms with Crippen LogP contribution in [0.2, 0.25) is 6.04 Å². The number of thiazole rings is 1. The van der Waals surface area contributed by atoms with Crippen molar-refractivity contribution in [3.63, 3.8) is 0 Å². The van der Waals surface area contributed by atoms with E-state index in [-0.39, 0.29) is 9.76 Å². The molecule has 0 fully saturated rings. The summed E-state index contributed by atoms with van der Waals surface area (Å²) in [5.74, 6) is 1.96. The summed E-state index contributed by atoms with van der Waals surface area (Å²) in [5.41, 5.74) is 1.12. The van der Waals surface area contributed by atoms with Crippen LogP contribution in [0.15, 0.2) is 28.6 Å². The molecule has 0 radical (unpaired) electrons. The van der Waals surface area contributed by atoms with E-state index in [1.165, 1.54) is 46.5 Å². The molecule has 0 aliphatic carbocycles. The molecule has 0 saturated heterocycles. The highest BCUT2D eigenvalue weighted by Crippen LogP contribution is 2.36. The van der Waals surface area contributed by atoms with Crippen LogP contribution in [0.4, 0.5) is 0 Å². The second-order valence-electron chi connectivity index (χ2n) is 5.70. The lowest BCUT2D eigenvalue weighted by Crippen LogP contribution is -2.11. The molecule has 0 saturated carbocycles. The number of para-hydroxylation sites is 1. The molecule has 2 nitrogen and oxygen atoms in total. The predicted molar refractivity (Wildman–Crippen MR) is 111 cm³/mol. The van der Waals surface area contributed by atoms with Crippen molar-refractivity contribution in [1.82, 2.24) is 4.98 Å². The molecule has 1 unspecified atom stereocenters. The van der Waals surface area contributed by atoms with Crippen LogP contribution in [-0.4, -0.2) is 27.1 Å². The molecule has 0 spiro atoms. The largest absolute Gasteiger partial charge is 0.424 e. The van der Waals surface area contributed by atoms with Gasteiger partial charge in [-0.2, -0.15) is 0 Å².